The Morgan fingerprint density at radius 3 is 2.44 bits per heavy atom. The number of hydrogen-bond donors (Lipinski definition) is 2. The number of nitrogens with one attached hydrogen (secondary N) is 2. The number of hydrogen-bond acceptors (Lipinski definition) is 3. The third-order valence-electron chi connectivity index (χ3n) is 4.43. The van der Waals surface area contributed by atoms with Crippen LogP contribution in [0.1, 0.15) is 18.1 Å². The molecule has 8 heteroatoms. The minimum absolute atomic E-state index is 0.205. The van der Waals surface area contributed by atoms with E-state index in [2.05, 4.69) is 10.6 Å². The van der Waals surface area contributed by atoms with Gasteiger partial charge < -0.3 is 10.6 Å². The topological polar surface area (TPSA) is 78.5 Å². The van der Waals surface area contributed by atoms with E-state index in [1.54, 1.807) is 49.4 Å². The molecule has 3 rings (SSSR count). The standard InChI is InChI=1S/C19H17Cl2N3O3/c1-19(13-6-8-14(20)9-7-13)17(26)24(18(27)23-19)11-16(25)22-10-12-4-2-3-5-15(12)21/h2-9H,10-11H2,1H3,(H,22,25)(H,23,27)/t19-/m0/s1. The second kappa shape index (κ2) is 7.58. The van der Waals surface area contributed by atoms with E-state index in [-0.39, 0.29) is 13.1 Å². The van der Waals surface area contributed by atoms with Crippen molar-refractivity contribution in [1.29, 1.82) is 0 Å². The zero-order valence-corrected chi connectivity index (χ0v) is 16.0. The maximum atomic E-state index is 12.8. The summed E-state index contributed by atoms with van der Waals surface area (Å²) in [5, 5.41) is 6.37. The molecule has 1 aliphatic rings. The van der Waals surface area contributed by atoms with Crippen molar-refractivity contribution in [1.82, 2.24) is 15.5 Å². The van der Waals surface area contributed by atoms with Crippen molar-refractivity contribution in [3.63, 3.8) is 0 Å². The molecule has 27 heavy (non-hydrogen) atoms. The minimum atomic E-state index is -1.25. The Hall–Kier alpha value is -2.57. The number of nitrogens with zero attached hydrogens (tertiary/aromatic N) is 1. The van der Waals surface area contributed by atoms with E-state index < -0.39 is 23.4 Å². The minimum Gasteiger partial charge on any atom is -0.350 e. The number of urea groups is 1. The van der Waals surface area contributed by atoms with E-state index in [0.29, 0.717) is 15.6 Å². The smallest absolute Gasteiger partial charge is 0.325 e. The Labute approximate surface area is 166 Å². The Balaban J connectivity index is 1.67. The highest BCUT2D eigenvalue weighted by Crippen LogP contribution is 2.29. The zero-order valence-electron chi connectivity index (χ0n) is 14.5. The van der Waals surface area contributed by atoms with Gasteiger partial charge in [-0.25, -0.2) is 4.79 Å². The molecule has 0 saturated carbocycles. The molecule has 140 valence electrons. The largest absolute Gasteiger partial charge is 0.350 e. The number of rotatable bonds is 5. The number of benzene rings is 2. The number of amides is 4. The van der Waals surface area contributed by atoms with E-state index in [1.165, 1.54) is 0 Å². The maximum Gasteiger partial charge on any atom is 0.325 e. The molecule has 1 heterocycles. The summed E-state index contributed by atoms with van der Waals surface area (Å²) in [5.41, 5.74) is 0.0879. The van der Waals surface area contributed by atoms with Gasteiger partial charge in [0, 0.05) is 16.6 Å². The summed E-state index contributed by atoms with van der Waals surface area (Å²) in [6, 6.07) is 13.1. The summed E-state index contributed by atoms with van der Waals surface area (Å²) in [7, 11) is 0. The van der Waals surface area contributed by atoms with Gasteiger partial charge in [-0.05, 0) is 36.2 Å². The number of carbonyl (C=O) groups excluding carboxylic acids is 3. The molecule has 2 aromatic rings. The monoisotopic (exact) mass is 405 g/mol. The highest BCUT2D eigenvalue weighted by Gasteiger charge is 2.49. The quantitative estimate of drug-likeness (QED) is 0.750. The molecule has 4 amide bonds. The molecule has 2 N–H and O–H groups in total. The van der Waals surface area contributed by atoms with Crippen LogP contribution in [0.2, 0.25) is 10.0 Å². The van der Waals surface area contributed by atoms with Crippen molar-refractivity contribution in [2.24, 2.45) is 0 Å². The molecular weight excluding hydrogens is 389 g/mol. The van der Waals surface area contributed by atoms with Crippen LogP contribution in [0, 0.1) is 0 Å². The summed E-state index contributed by atoms with van der Waals surface area (Å²) in [6.45, 7) is 1.42. The summed E-state index contributed by atoms with van der Waals surface area (Å²) < 4.78 is 0. The summed E-state index contributed by atoms with van der Waals surface area (Å²) in [4.78, 5) is 38.2. The second-order valence-corrected chi connectivity index (χ2v) is 7.17. The molecule has 0 aromatic heterocycles. The van der Waals surface area contributed by atoms with Gasteiger partial charge in [0.15, 0.2) is 0 Å². The van der Waals surface area contributed by atoms with Gasteiger partial charge in [0.1, 0.15) is 12.1 Å². The molecule has 1 fully saturated rings. The molecule has 2 aromatic carbocycles. The number of carbonyl (C=O) groups is 3. The summed E-state index contributed by atoms with van der Waals surface area (Å²) in [5.74, 6) is -0.957. The van der Waals surface area contributed by atoms with Gasteiger partial charge in [0.05, 0.1) is 0 Å². The highest BCUT2D eigenvalue weighted by molar-refractivity contribution is 6.31. The van der Waals surface area contributed by atoms with Crippen LogP contribution in [0.5, 0.6) is 0 Å². The van der Waals surface area contributed by atoms with Crippen molar-refractivity contribution >= 4 is 41.0 Å². The van der Waals surface area contributed by atoms with E-state index in [4.69, 9.17) is 23.2 Å². The molecule has 1 atom stereocenters. The van der Waals surface area contributed by atoms with Crippen molar-refractivity contribution < 1.29 is 14.4 Å². The average Bonchev–Trinajstić information content (AvgIpc) is 2.85. The maximum absolute atomic E-state index is 12.8. The molecule has 0 bridgehead atoms. The Morgan fingerprint density at radius 2 is 1.78 bits per heavy atom. The second-order valence-electron chi connectivity index (χ2n) is 6.32. The van der Waals surface area contributed by atoms with Gasteiger partial charge in [0.2, 0.25) is 5.91 Å². The molecule has 1 saturated heterocycles. The van der Waals surface area contributed by atoms with Crippen molar-refractivity contribution in [3.8, 4) is 0 Å². The van der Waals surface area contributed by atoms with E-state index >= 15 is 0 Å². The number of halogens is 2. The lowest BCUT2D eigenvalue weighted by atomic mass is 9.92. The van der Waals surface area contributed by atoms with Gasteiger partial charge >= 0.3 is 6.03 Å². The molecule has 6 nitrogen and oxygen atoms in total. The zero-order chi connectivity index (χ0) is 19.6. The lowest BCUT2D eigenvalue weighted by Crippen LogP contribution is -2.43. The molecule has 0 unspecified atom stereocenters. The van der Waals surface area contributed by atoms with Crippen LogP contribution in [0.4, 0.5) is 4.79 Å². The van der Waals surface area contributed by atoms with E-state index in [0.717, 1.165) is 10.5 Å². The van der Waals surface area contributed by atoms with Gasteiger partial charge in [-0.3, -0.25) is 14.5 Å². The van der Waals surface area contributed by atoms with E-state index in [9.17, 15) is 14.4 Å². The third-order valence-corrected chi connectivity index (χ3v) is 5.05. The van der Waals surface area contributed by atoms with Crippen LogP contribution in [-0.4, -0.2) is 29.3 Å². The van der Waals surface area contributed by atoms with Crippen molar-refractivity contribution in [2.75, 3.05) is 6.54 Å². The first kappa shape index (κ1) is 19.2. The summed E-state index contributed by atoms with van der Waals surface area (Å²) in [6.07, 6.45) is 0. The van der Waals surface area contributed by atoms with Crippen molar-refractivity contribution in [3.05, 3.63) is 69.7 Å². The Kier molecular flexibility index (Phi) is 5.39. The number of imide groups is 1. The van der Waals surface area contributed by atoms with Gasteiger partial charge in [-0.2, -0.15) is 0 Å². The lowest BCUT2D eigenvalue weighted by Gasteiger charge is -2.22. The van der Waals surface area contributed by atoms with Crippen LogP contribution in [0.3, 0.4) is 0 Å². The van der Waals surface area contributed by atoms with Gasteiger partial charge in [-0.1, -0.05) is 53.5 Å². The molecule has 0 aliphatic carbocycles. The van der Waals surface area contributed by atoms with E-state index in [1.807, 2.05) is 6.07 Å². The van der Waals surface area contributed by atoms with Gasteiger partial charge in [-0.15, -0.1) is 0 Å². The first-order valence-electron chi connectivity index (χ1n) is 8.21. The molecular formula is C19H17Cl2N3O3. The first-order valence-corrected chi connectivity index (χ1v) is 8.97. The fraction of sp³-hybridized carbons (Fsp3) is 0.211. The molecule has 0 radical (unpaired) electrons. The predicted molar refractivity (Wildman–Crippen MR) is 102 cm³/mol. The third kappa shape index (κ3) is 3.91. The first-order chi connectivity index (χ1) is 12.8. The van der Waals surface area contributed by atoms with Crippen LogP contribution in [0.15, 0.2) is 48.5 Å². The normalized spacial score (nSPS) is 19.1. The lowest BCUT2D eigenvalue weighted by molar-refractivity contribution is -0.134. The summed E-state index contributed by atoms with van der Waals surface area (Å²) >= 11 is 11.9. The SMILES string of the molecule is C[C@@]1(c2ccc(Cl)cc2)NC(=O)N(CC(=O)NCc2ccccc2Cl)C1=O. The van der Waals surface area contributed by atoms with Crippen LogP contribution in [0.25, 0.3) is 0 Å². The average molecular weight is 406 g/mol. The van der Waals surface area contributed by atoms with Crippen LogP contribution in [-0.2, 0) is 21.7 Å². The highest BCUT2D eigenvalue weighted by atomic mass is 35.5. The van der Waals surface area contributed by atoms with Crippen LogP contribution >= 0.6 is 23.2 Å². The molecule has 1 aliphatic heterocycles. The Morgan fingerprint density at radius 1 is 1.11 bits per heavy atom. The van der Waals surface area contributed by atoms with Crippen LogP contribution < -0.4 is 10.6 Å². The fourth-order valence-electron chi connectivity index (χ4n) is 2.85. The molecule has 0 spiro atoms. The fourth-order valence-corrected chi connectivity index (χ4v) is 3.18. The van der Waals surface area contributed by atoms with Crippen molar-refractivity contribution in [2.45, 2.75) is 19.0 Å². The van der Waals surface area contributed by atoms with Gasteiger partial charge in [0.25, 0.3) is 5.91 Å². The Bertz CT molecular complexity index is 901. The predicted octanol–water partition coefficient (Wildman–Crippen LogP) is 3.08.